The summed E-state index contributed by atoms with van der Waals surface area (Å²) in [6.07, 6.45) is 1.50. The Bertz CT molecular complexity index is 541. The van der Waals surface area contributed by atoms with Crippen molar-refractivity contribution in [3.63, 3.8) is 0 Å². The van der Waals surface area contributed by atoms with Crippen LogP contribution in [0.4, 0.5) is 0 Å². The summed E-state index contributed by atoms with van der Waals surface area (Å²) in [5.41, 5.74) is 1.20. The van der Waals surface area contributed by atoms with E-state index in [9.17, 15) is 14.7 Å². The van der Waals surface area contributed by atoms with E-state index < -0.39 is 0 Å². The zero-order valence-corrected chi connectivity index (χ0v) is 12.5. The molecule has 1 N–H and O–H groups in total. The number of benzene rings is 1. The Morgan fingerprint density at radius 3 is 2.90 bits per heavy atom. The molecule has 1 aliphatic rings. The molecule has 0 aliphatic carbocycles. The Morgan fingerprint density at radius 1 is 1.43 bits per heavy atom. The average Bonchev–Trinajstić information content (AvgIpc) is 2.49. The number of likely N-dealkylation sites (tertiary alicyclic amines) is 1. The standard InChI is InChI=1S/C16H21NO4/c1-3-21-16(20)12-5-4-8-17(10-12)15(19)13-9-11(2)6-7-14(13)18/h6-7,9,12,18H,3-5,8,10H2,1-2H3/t12-/m1/s1. The summed E-state index contributed by atoms with van der Waals surface area (Å²) >= 11 is 0. The molecule has 1 atom stereocenters. The van der Waals surface area contributed by atoms with E-state index >= 15 is 0 Å². The van der Waals surface area contributed by atoms with Crippen LogP contribution in [0.15, 0.2) is 18.2 Å². The van der Waals surface area contributed by atoms with Gasteiger partial charge in [0.15, 0.2) is 0 Å². The van der Waals surface area contributed by atoms with Crippen molar-refractivity contribution in [3.8, 4) is 5.75 Å². The molecule has 2 rings (SSSR count). The summed E-state index contributed by atoms with van der Waals surface area (Å²) < 4.78 is 5.03. The van der Waals surface area contributed by atoms with E-state index in [0.717, 1.165) is 18.4 Å². The first-order chi connectivity index (χ1) is 10.0. The first-order valence-corrected chi connectivity index (χ1v) is 7.28. The van der Waals surface area contributed by atoms with Crippen LogP contribution in [0.25, 0.3) is 0 Å². The van der Waals surface area contributed by atoms with Crippen LogP contribution in [-0.2, 0) is 9.53 Å². The third-order valence-corrected chi connectivity index (χ3v) is 3.71. The van der Waals surface area contributed by atoms with E-state index in [-0.39, 0.29) is 23.5 Å². The van der Waals surface area contributed by atoms with Crippen LogP contribution in [0.2, 0.25) is 0 Å². The van der Waals surface area contributed by atoms with Gasteiger partial charge in [-0.15, -0.1) is 0 Å². The summed E-state index contributed by atoms with van der Waals surface area (Å²) in [5, 5.41) is 9.86. The molecule has 1 heterocycles. The highest BCUT2D eigenvalue weighted by Crippen LogP contribution is 2.24. The predicted octanol–water partition coefficient (Wildman–Crippen LogP) is 2.12. The van der Waals surface area contributed by atoms with Crippen molar-refractivity contribution < 1.29 is 19.4 Å². The van der Waals surface area contributed by atoms with Gasteiger partial charge in [0.2, 0.25) is 0 Å². The lowest BCUT2D eigenvalue weighted by atomic mass is 9.97. The smallest absolute Gasteiger partial charge is 0.310 e. The normalized spacial score (nSPS) is 18.4. The molecule has 0 bridgehead atoms. The lowest BCUT2D eigenvalue weighted by Crippen LogP contribution is -2.42. The first-order valence-electron chi connectivity index (χ1n) is 7.28. The maximum Gasteiger partial charge on any atom is 0.310 e. The average molecular weight is 291 g/mol. The third-order valence-electron chi connectivity index (χ3n) is 3.71. The molecule has 1 aromatic rings. The Morgan fingerprint density at radius 2 is 2.19 bits per heavy atom. The molecule has 0 unspecified atom stereocenters. The fourth-order valence-corrected chi connectivity index (χ4v) is 2.61. The van der Waals surface area contributed by atoms with Gasteiger partial charge in [0.05, 0.1) is 18.1 Å². The van der Waals surface area contributed by atoms with E-state index in [4.69, 9.17) is 4.74 Å². The lowest BCUT2D eigenvalue weighted by molar-refractivity contribution is -0.149. The van der Waals surface area contributed by atoms with Crippen LogP contribution in [0.5, 0.6) is 5.75 Å². The van der Waals surface area contributed by atoms with Crippen LogP contribution in [0.1, 0.15) is 35.7 Å². The van der Waals surface area contributed by atoms with Gasteiger partial charge < -0.3 is 14.7 Å². The minimum atomic E-state index is -0.269. The van der Waals surface area contributed by atoms with Gasteiger partial charge in [-0.05, 0) is 38.8 Å². The molecule has 1 saturated heterocycles. The van der Waals surface area contributed by atoms with Crippen LogP contribution in [-0.4, -0.2) is 41.6 Å². The third kappa shape index (κ3) is 3.54. The molecule has 1 fully saturated rings. The second-order valence-electron chi connectivity index (χ2n) is 5.36. The zero-order chi connectivity index (χ0) is 15.4. The van der Waals surface area contributed by atoms with Crippen molar-refractivity contribution in [2.24, 2.45) is 5.92 Å². The molecule has 1 aliphatic heterocycles. The van der Waals surface area contributed by atoms with E-state index in [2.05, 4.69) is 0 Å². The number of aromatic hydroxyl groups is 1. The van der Waals surface area contributed by atoms with Crippen molar-refractivity contribution in [2.75, 3.05) is 19.7 Å². The number of nitrogens with zero attached hydrogens (tertiary/aromatic N) is 1. The van der Waals surface area contributed by atoms with Crippen LogP contribution in [0, 0.1) is 12.8 Å². The number of rotatable bonds is 3. The second kappa shape index (κ2) is 6.61. The Balaban J connectivity index is 2.12. The van der Waals surface area contributed by atoms with E-state index in [1.807, 2.05) is 6.92 Å². The number of amides is 1. The maximum atomic E-state index is 12.5. The molecule has 1 aromatic carbocycles. The monoisotopic (exact) mass is 291 g/mol. The molecule has 0 radical (unpaired) electrons. The molecular weight excluding hydrogens is 270 g/mol. The molecule has 0 aromatic heterocycles. The fraction of sp³-hybridized carbons (Fsp3) is 0.500. The van der Waals surface area contributed by atoms with Crippen LogP contribution >= 0.6 is 0 Å². The zero-order valence-electron chi connectivity index (χ0n) is 12.5. The van der Waals surface area contributed by atoms with Crippen molar-refractivity contribution in [3.05, 3.63) is 29.3 Å². The van der Waals surface area contributed by atoms with Crippen LogP contribution in [0.3, 0.4) is 0 Å². The van der Waals surface area contributed by atoms with Gasteiger partial charge in [-0.3, -0.25) is 9.59 Å². The highest BCUT2D eigenvalue weighted by Gasteiger charge is 2.30. The number of carbonyl (C=O) groups is 2. The van der Waals surface area contributed by atoms with E-state index in [1.165, 1.54) is 6.07 Å². The second-order valence-corrected chi connectivity index (χ2v) is 5.36. The molecule has 21 heavy (non-hydrogen) atoms. The van der Waals surface area contributed by atoms with Gasteiger partial charge in [0.25, 0.3) is 5.91 Å². The van der Waals surface area contributed by atoms with Gasteiger partial charge >= 0.3 is 5.97 Å². The Labute approximate surface area is 124 Å². The van der Waals surface area contributed by atoms with Crippen molar-refractivity contribution in [2.45, 2.75) is 26.7 Å². The summed E-state index contributed by atoms with van der Waals surface area (Å²) in [6.45, 7) is 4.94. The predicted molar refractivity (Wildman–Crippen MR) is 78.1 cm³/mol. The number of phenols is 1. The van der Waals surface area contributed by atoms with Crippen molar-refractivity contribution in [1.29, 1.82) is 0 Å². The van der Waals surface area contributed by atoms with E-state index in [1.54, 1.807) is 24.0 Å². The summed E-state index contributed by atoms with van der Waals surface area (Å²) in [5.74, 6) is -0.771. The van der Waals surface area contributed by atoms with Crippen molar-refractivity contribution >= 4 is 11.9 Å². The van der Waals surface area contributed by atoms with Gasteiger partial charge in [0, 0.05) is 13.1 Å². The highest BCUT2D eigenvalue weighted by molar-refractivity contribution is 5.97. The Kier molecular flexibility index (Phi) is 4.83. The number of esters is 1. The van der Waals surface area contributed by atoms with Crippen LogP contribution < -0.4 is 0 Å². The quantitative estimate of drug-likeness (QED) is 0.866. The molecule has 0 spiro atoms. The summed E-state index contributed by atoms with van der Waals surface area (Å²) in [7, 11) is 0. The number of hydrogen-bond acceptors (Lipinski definition) is 4. The number of piperidine rings is 1. The lowest BCUT2D eigenvalue weighted by Gasteiger charge is -2.31. The van der Waals surface area contributed by atoms with Crippen molar-refractivity contribution in [1.82, 2.24) is 4.90 Å². The minimum absolute atomic E-state index is 0.0242. The number of carbonyl (C=O) groups excluding carboxylic acids is 2. The topological polar surface area (TPSA) is 66.8 Å². The first kappa shape index (κ1) is 15.4. The molecular formula is C16H21NO4. The van der Waals surface area contributed by atoms with E-state index in [0.29, 0.717) is 25.3 Å². The van der Waals surface area contributed by atoms with Gasteiger partial charge in [0.1, 0.15) is 5.75 Å². The minimum Gasteiger partial charge on any atom is -0.507 e. The SMILES string of the molecule is CCOC(=O)[C@@H]1CCCN(C(=O)c2cc(C)ccc2O)C1. The number of phenolic OH excluding ortho intramolecular Hbond substituents is 1. The highest BCUT2D eigenvalue weighted by atomic mass is 16.5. The van der Waals surface area contributed by atoms with Gasteiger partial charge in [-0.1, -0.05) is 11.6 Å². The number of ether oxygens (including phenoxy) is 1. The Hall–Kier alpha value is -2.04. The molecule has 114 valence electrons. The summed E-state index contributed by atoms with van der Waals surface area (Å²) in [4.78, 5) is 26.0. The van der Waals surface area contributed by atoms with Gasteiger partial charge in [-0.2, -0.15) is 0 Å². The molecule has 0 saturated carbocycles. The molecule has 5 heteroatoms. The molecule has 5 nitrogen and oxygen atoms in total. The largest absolute Gasteiger partial charge is 0.507 e. The number of aryl methyl sites for hydroxylation is 1. The van der Waals surface area contributed by atoms with Gasteiger partial charge in [-0.25, -0.2) is 0 Å². The maximum absolute atomic E-state index is 12.5. The fourth-order valence-electron chi connectivity index (χ4n) is 2.61. The summed E-state index contributed by atoms with van der Waals surface area (Å²) in [6, 6.07) is 4.95. The molecule has 1 amide bonds. The number of hydrogen-bond donors (Lipinski definition) is 1.